The maximum Gasteiger partial charge on any atom is 0.306 e. The molecule has 25 heavy (non-hydrogen) atoms. The molecule has 2 aromatic rings. The van der Waals surface area contributed by atoms with Gasteiger partial charge in [-0.05, 0) is 42.5 Å². The second-order valence-electron chi connectivity index (χ2n) is 5.92. The van der Waals surface area contributed by atoms with Crippen molar-refractivity contribution in [1.29, 1.82) is 0 Å². The zero-order valence-electron chi connectivity index (χ0n) is 13.5. The van der Waals surface area contributed by atoms with Crippen LogP contribution in [0.15, 0.2) is 41.8 Å². The maximum atomic E-state index is 12.6. The number of rotatable bonds is 4. The molecular formula is C18H18N2O4S. The fraction of sp³-hybridized carbons (Fsp3) is 0.278. The second kappa shape index (κ2) is 7.48. The number of carbonyl (C=O) groups excluding carboxylic acids is 2. The van der Waals surface area contributed by atoms with E-state index in [0.717, 1.165) is 0 Å². The molecule has 0 unspecified atom stereocenters. The smallest absolute Gasteiger partial charge is 0.306 e. The molecule has 130 valence electrons. The number of piperidine rings is 1. The number of hydrogen-bond acceptors (Lipinski definition) is 4. The molecule has 0 spiro atoms. The molecule has 1 aliphatic heterocycles. The van der Waals surface area contributed by atoms with Crippen LogP contribution in [0.3, 0.4) is 0 Å². The average molecular weight is 358 g/mol. The minimum atomic E-state index is -0.801. The predicted octanol–water partition coefficient (Wildman–Crippen LogP) is 2.94. The second-order valence-corrected chi connectivity index (χ2v) is 6.86. The van der Waals surface area contributed by atoms with Gasteiger partial charge in [-0.2, -0.15) is 0 Å². The van der Waals surface area contributed by atoms with Crippen LogP contribution < -0.4 is 5.32 Å². The quantitative estimate of drug-likeness (QED) is 0.880. The molecule has 1 fully saturated rings. The molecule has 0 bridgehead atoms. The Balaban J connectivity index is 1.66. The number of nitrogens with zero attached hydrogens (tertiary/aromatic N) is 1. The Morgan fingerprint density at radius 2 is 1.88 bits per heavy atom. The van der Waals surface area contributed by atoms with Crippen molar-refractivity contribution < 1.29 is 19.5 Å². The number of hydrogen-bond donors (Lipinski definition) is 2. The van der Waals surface area contributed by atoms with Crippen molar-refractivity contribution in [2.45, 2.75) is 12.8 Å². The molecule has 2 amide bonds. The van der Waals surface area contributed by atoms with E-state index in [4.69, 9.17) is 5.11 Å². The highest BCUT2D eigenvalue weighted by molar-refractivity contribution is 7.12. The Labute approximate surface area is 149 Å². The number of carboxylic acids is 1. The summed E-state index contributed by atoms with van der Waals surface area (Å²) in [5.74, 6) is -1.52. The average Bonchev–Trinajstić information content (AvgIpc) is 3.16. The van der Waals surface area contributed by atoms with Gasteiger partial charge < -0.3 is 15.3 Å². The van der Waals surface area contributed by atoms with E-state index in [1.807, 2.05) is 5.38 Å². The molecule has 3 rings (SSSR count). The van der Waals surface area contributed by atoms with Gasteiger partial charge >= 0.3 is 5.97 Å². The minimum absolute atomic E-state index is 0.143. The predicted molar refractivity (Wildman–Crippen MR) is 95.0 cm³/mol. The van der Waals surface area contributed by atoms with E-state index >= 15 is 0 Å². The topological polar surface area (TPSA) is 86.7 Å². The lowest BCUT2D eigenvalue weighted by Gasteiger charge is -2.30. The van der Waals surface area contributed by atoms with Crippen molar-refractivity contribution in [2.24, 2.45) is 5.92 Å². The van der Waals surface area contributed by atoms with E-state index in [1.54, 1.807) is 41.3 Å². The Morgan fingerprint density at radius 3 is 2.52 bits per heavy atom. The van der Waals surface area contributed by atoms with Crippen LogP contribution in [0, 0.1) is 5.92 Å². The molecule has 2 heterocycles. The van der Waals surface area contributed by atoms with E-state index in [0.29, 0.717) is 42.1 Å². The molecule has 0 radical (unpaired) electrons. The van der Waals surface area contributed by atoms with Crippen LogP contribution in [0.4, 0.5) is 5.69 Å². The first kappa shape index (κ1) is 17.2. The first-order valence-corrected chi connectivity index (χ1v) is 8.89. The summed E-state index contributed by atoms with van der Waals surface area (Å²) in [4.78, 5) is 38.0. The number of benzene rings is 1. The molecule has 6 nitrogen and oxygen atoms in total. The van der Waals surface area contributed by atoms with Gasteiger partial charge in [-0.3, -0.25) is 14.4 Å². The van der Waals surface area contributed by atoms with Gasteiger partial charge in [0.2, 0.25) is 0 Å². The zero-order valence-corrected chi connectivity index (χ0v) is 14.3. The van der Waals surface area contributed by atoms with Gasteiger partial charge in [0.05, 0.1) is 10.8 Å². The minimum Gasteiger partial charge on any atom is -0.481 e. The highest BCUT2D eigenvalue weighted by Crippen LogP contribution is 2.21. The SMILES string of the molecule is O=C(Nc1cccc(C(=O)N2CCC(C(=O)O)CC2)c1)c1cccs1. The molecule has 0 aliphatic carbocycles. The molecule has 1 aromatic heterocycles. The lowest BCUT2D eigenvalue weighted by atomic mass is 9.96. The molecular weight excluding hydrogens is 340 g/mol. The monoisotopic (exact) mass is 358 g/mol. The lowest BCUT2D eigenvalue weighted by molar-refractivity contribution is -0.143. The number of likely N-dealkylation sites (tertiary alicyclic amines) is 1. The highest BCUT2D eigenvalue weighted by atomic mass is 32.1. The molecule has 1 aromatic carbocycles. The maximum absolute atomic E-state index is 12.6. The summed E-state index contributed by atoms with van der Waals surface area (Å²) >= 11 is 1.35. The molecule has 2 N–H and O–H groups in total. The van der Waals surface area contributed by atoms with Crippen molar-refractivity contribution in [3.63, 3.8) is 0 Å². The van der Waals surface area contributed by atoms with Crippen LogP contribution in [-0.4, -0.2) is 40.9 Å². The number of thiophene rings is 1. The molecule has 0 atom stereocenters. The normalized spacial score (nSPS) is 15.0. The number of amides is 2. The summed E-state index contributed by atoms with van der Waals surface area (Å²) in [6, 6.07) is 10.4. The van der Waals surface area contributed by atoms with Gasteiger partial charge in [0.15, 0.2) is 0 Å². The van der Waals surface area contributed by atoms with E-state index in [1.165, 1.54) is 11.3 Å². The first-order chi connectivity index (χ1) is 12.0. The number of carbonyl (C=O) groups is 3. The number of anilines is 1. The molecule has 1 aliphatic rings. The van der Waals surface area contributed by atoms with Crippen molar-refractivity contribution >= 4 is 34.8 Å². The third-order valence-electron chi connectivity index (χ3n) is 4.24. The van der Waals surface area contributed by atoms with Crippen LogP contribution in [0.25, 0.3) is 0 Å². The van der Waals surface area contributed by atoms with Crippen molar-refractivity contribution in [3.8, 4) is 0 Å². The van der Waals surface area contributed by atoms with E-state index in [-0.39, 0.29) is 17.7 Å². The van der Waals surface area contributed by atoms with Crippen LogP contribution in [0.5, 0.6) is 0 Å². The van der Waals surface area contributed by atoms with Crippen molar-refractivity contribution in [3.05, 3.63) is 52.2 Å². The Morgan fingerprint density at radius 1 is 1.12 bits per heavy atom. The molecule has 0 saturated carbocycles. The zero-order chi connectivity index (χ0) is 17.8. The Hall–Kier alpha value is -2.67. The van der Waals surface area contributed by atoms with Gasteiger partial charge in [0.1, 0.15) is 0 Å². The van der Waals surface area contributed by atoms with Gasteiger partial charge in [0, 0.05) is 24.3 Å². The largest absolute Gasteiger partial charge is 0.481 e. The summed E-state index contributed by atoms with van der Waals surface area (Å²) < 4.78 is 0. The van der Waals surface area contributed by atoms with Crippen molar-refractivity contribution in [2.75, 3.05) is 18.4 Å². The summed E-state index contributed by atoms with van der Waals surface area (Å²) in [5.41, 5.74) is 1.04. The van der Waals surface area contributed by atoms with Crippen LogP contribution in [0.1, 0.15) is 32.9 Å². The first-order valence-electron chi connectivity index (χ1n) is 8.01. The van der Waals surface area contributed by atoms with Gasteiger partial charge in [-0.1, -0.05) is 12.1 Å². The number of nitrogens with one attached hydrogen (secondary N) is 1. The third kappa shape index (κ3) is 4.06. The van der Waals surface area contributed by atoms with E-state index in [2.05, 4.69) is 5.32 Å². The summed E-state index contributed by atoms with van der Waals surface area (Å²) in [6.45, 7) is 0.864. The van der Waals surface area contributed by atoms with Gasteiger partial charge in [-0.25, -0.2) is 0 Å². The summed E-state index contributed by atoms with van der Waals surface area (Å²) in [6.07, 6.45) is 0.936. The highest BCUT2D eigenvalue weighted by Gasteiger charge is 2.27. The van der Waals surface area contributed by atoms with Gasteiger partial charge in [0.25, 0.3) is 11.8 Å². The Kier molecular flexibility index (Phi) is 5.14. The lowest BCUT2D eigenvalue weighted by Crippen LogP contribution is -2.40. The summed E-state index contributed by atoms with van der Waals surface area (Å²) in [5, 5.41) is 13.7. The van der Waals surface area contributed by atoms with Crippen molar-refractivity contribution in [1.82, 2.24) is 4.90 Å². The standard InChI is InChI=1S/C18H18N2O4S/c21-16(15-5-2-10-25-15)19-14-4-1-3-13(11-14)17(22)20-8-6-12(7-9-20)18(23)24/h1-5,10-12H,6-9H2,(H,19,21)(H,23,24). The number of aliphatic carboxylic acids is 1. The van der Waals surface area contributed by atoms with E-state index < -0.39 is 5.97 Å². The van der Waals surface area contributed by atoms with Crippen LogP contribution in [-0.2, 0) is 4.79 Å². The van der Waals surface area contributed by atoms with Crippen LogP contribution in [0.2, 0.25) is 0 Å². The summed E-state index contributed by atoms with van der Waals surface area (Å²) in [7, 11) is 0. The number of carboxylic acid groups (broad SMARTS) is 1. The van der Waals surface area contributed by atoms with Gasteiger partial charge in [-0.15, -0.1) is 11.3 Å². The fourth-order valence-electron chi connectivity index (χ4n) is 2.84. The fourth-order valence-corrected chi connectivity index (χ4v) is 3.46. The molecule has 1 saturated heterocycles. The third-order valence-corrected chi connectivity index (χ3v) is 5.11. The Bertz CT molecular complexity index is 780. The molecule has 7 heteroatoms. The van der Waals surface area contributed by atoms with Crippen LogP contribution >= 0.6 is 11.3 Å². The van der Waals surface area contributed by atoms with E-state index in [9.17, 15) is 14.4 Å².